The molecule has 0 aromatic heterocycles. The Morgan fingerprint density at radius 2 is 2.40 bits per heavy atom. The molecule has 1 unspecified atom stereocenters. The van der Waals surface area contributed by atoms with Crippen molar-refractivity contribution < 1.29 is 9.53 Å². The number of ether oxygens (including phenoxy) is 1. The molecule has 3 rings (SSSR count). The normalized spacial score (nSPS) is 22.3. The van der Waals surface area contributed by atoms with Crippen LogP contribution in [0.25, 0.3) is 0 Å². The summed E-state index contributed by atoms with van der Waals surface area (Å²) in [6.45, 7) is 4.12. The Labute approximate surface area is 119 Å². The van der Waals surface area contributed by atoms with Crippen molar-refractivity contribution in [1.82, 2.24) is 10.2 Å². The fraction of sp³-hybridized carbons (Fsp3) is 0.533. The standard InChI is InChI=1S/C15H21N3O2/c16-15(19)13-10-17-5-7-18(13)6-3-11-1-2-14-12(9-11)4-8-20-14/h1-2,9,13,17H,3-8,10H2,(H2,16,19). The van der Waals surface area contributed by atoms with Gasteiger partial charge >= 0.3 is 0 Å². The van der Waals surface area contributed by atoms with Gasteiger partial charge in [-0.05, 0) is 23.6 Å². The van der Waals surface area contributed by atoms with Gasteiger partial charge in [-0.3, -0.25) is 9.69 Å². The van der Waals surface area contributed by atoms with Crippen LogP contribution in [-0.4, -0.2) is 49.6 Å². The monoisotopic (exact) mass is 275 g/mol. The quantitative estimate of drug-likeness (QED) is 0.807. The fourth-order valence-corrected chi connectivity index (χ4v) is 2.96. The molecule has 2 aliphatic rings. The highest BCUT2D eigenvalue weighted by Crippen LogP contribution is 2.26. The van der Waals surface area contributed by atoms with Crippen molar-refractivity contribution in [2.75, 3.05) is 32.8 Å². The molecular weight excluding hydrogens is 254 g/mol. The Balaban J connectivity index is 1.62. The number of primary amides is 1. The van der Waals surface area contributed by atoms with Gasteiger partial charge in [-0.1, -0.05) is 12.1 Å². The summed E-state index contributed by atoms with van der Waals surface area (Å²) in [6.07, 6.45) is 1.94. The van der Waals surface area contributed by atoms with E-state index in [1.54, 1.807) is 0 Å². The first-order chi connectivity index (χ1) is 9.74. The molecule has 1 aromatic rings. The number of nitrogens with one attached hydrogen (secondary N) is 1. The van der Waals surface area contributed by atoms with Crippen LogP contribution >= 0.6 is 0 Å². The molecule has 1 saturated heterocycles. The first kappa shape index (κ1) is 13.4. The highest BCUT2D eigenvalue weighted by atomic mass is 16.5. The number of piperazine rings is 1. The Bertz CT molecular complexity index is 504. The maximum Gasteiger partial charge on any atom is 0.236 e. The van der Waals surface area contributed by atoms with Gasteiger partial charge in [0.05, 0.1) is 6.61 Å². The van der Waals surface area contributed by atoms with Gasteiger partial charge in [0.1, 0.15) is 11.8 Å². The van der Waals surface area contributed by atoms with E-state index < -0.39 is 0 Å². The number of fused-ring (bicyclic) bond motifs is 1. The first-order valence-electron chi connectivity index (χ1n) is 7.23. The van der Waals surface area contributed by atoms with Gasteiger partial charge in [0.15, 0.2) is 0 Å². The van der Waals surface area contributed by atoms with Crippen LogP contribution in [0.2, 0.25) is 0 Å². The van der Waals surface area contributed by atoms with Crippen LogP contribution in [0.15, 0.2) is 18.2 Å². The number of nitrogens with zero attached hydrogens (tertiary/aromatic N) is 1. The molecular formula is C15H21N3O2. The number of hydrogen-bond acceptors (Lipinski definition) is 4. The predicted molar refractivity (Wildman–Crippen MR) is 76.8 cm³/mol. The number of carbonyl (C=O) groups excluding carboxylic acids is 1. The highest BCUT2D eigenvalue weighted by Gasteiger charge is 2.26. The summed E-state index contributed by atoms with van der Waals surface area (Å²) in [5, 5.41) is 3.22. The zero-order chi connectivity index (χ0) is 13.9. The van der Waals surface area contributed by atoms with Gasteiger partial charge in [-0.2, -0.15) is 0 Å². The number of rotatable bonds is 4. The molecule has 1 amide bonds. The predicted octanol–water partition coefficient (Wildman–Crippen LogP) is -0.0769. The summed E-state index contributed by atoms with van der Waals surface area (Å²) in [6, 6.07) is 6.22. The third-order valence-corrected chi connectivity index (χ3v) is 4.12. The van der Waals surface area contributed by atoms with E-state index in [4.69, 9.17) is 10.5 Å². The van der Waals surface area contributed by atoms with Crippen molar-refractivity contribution in [3.63, 3.8) is 0 Å². The van der Waals surface area contributed by atoms with Gasteiger partial charge in [0.25, 0.3) is 0 Å². The molecule has 0 bridgehead atoms. The van der Waals surface area contributed by atoms with Crippen molar-refractivity contribution in [1.29, 1.82) is 0 Å². The number of amides is 1. The lowest BCUT2D eigenvalue weighted by molar-refractivity contribution is -0.123. The molecule has 0 radical (unpaired) electrons. The Morgan fingerprint density at radius 1 is 1.50 bits per heavy atom. The van der Waals surface area contributed by atoms with E-state index in [-0.39, 0.29) is 11.9 Å². The minimum absolute atomic E-state index is 0.179. The second kappa shape index (κ2) is 5.81. The maximum atomic E-state index is 11.5. The Kier molecular flexibility index (Phi) is 3.89. The van der Waals surface area contributed by atoms with Gasteiger partial charge in [-0.25, -0.2) is 0 Å². The molecule has 5 heteroatoms. The molecule has 0 aliphatic carbocycles. The molecule has 1 aromatic carbocycles. The van der Waals surface area contributed by atoms with Crippen LogP contribution < -0.4 is 15.8 Å². The van der Waals surface area contributed by atoms with Crippen molar-refractivity contribution in [2.24, 2.45) is 5.73 Å². The van der Waals surface area contributed by atoms with Crippen LogP contribution in [0.4, 0.5) is 0 Å². The van der Waals surface area contributed by atoms with Crippen LogP contribution in [0, 0.1) is 0 Å². The summed E-state index contributed by atoms with van der Waals surface area (Å²) in [7, 11) is 0. The minimum Gasteiger partial charge on any atom is -0.493 e. The zero-order valence-corrected chi connectivity index (χ0v) is 11.6. The second-order valence-electron chi connectivity index (χ2n) is 5.45. The lowest BCUT2D eigenvalue weighted by Gasteiger charge is -2.34. The van der Waals surface area contributed by atoms with Crippen LogP contribution in [0.3, 0.4) is 0 Å². The Morgan fingerprint density at radius 3 is 3.25 bits per heavy atom. The summed E-state index contributed by atoms with van der Waals surface area (Å²) in [4.78, 5) is 13.6. The summed E-state index contributed by atoms with van der Waals surface area (Å²) >= 11 is 0. The van der Waals surface area contributed by atoms with E-state index >= 15 is 0 Å². The molecule has 1 fully saturated rings. The average molecular weight is 275 g/mol. The minimum atomic E-state index is -0.237. The average Bonchev–Trinajstić information content (AvgIpc) is 2.92. The topological polar surface area (TPSA) is 67.6 Å². The summed E-state index contributed by atoms with van der Waals surface area (Å²) < 4.78 is 5.52. The van der Waals surface area contributed by atoms with Crippen LogP contribution in [-0.2, 0) is 17.6 Å². The highest BCUT2D eigenvalue weighted by molar-refractivity contribution is 5.80. The molecule has 2 aliphatic heterocycles. The third kappa shape index (κ3) is 2.78. The van der Waals surface area contributed by atoms with E-state index in [9.17, 15) is 4.79 Å². The number of hydrogen-bond donors (Lipinski definition) is 2. The van der Waals surface area contributed by atoms with Crippen molar-refractivity contribution in [2.45, 2.75) is 18.9 Å². The maximum absolute atomic E-state index is 11.5. The zero-order valence-electron chi connectivity index (χ0n) is 11.6. The second-order valence-corrected chi connectivity index (χ2v) is 5.45. The number of benzene rings is 1. The molecule has 108 valence electrons. The van der Waals surface area contributed by atoms with E-state index in [0.717, 1.165) is 44.8 Å². The number of carbonyl (C=O) groups is 1. The van der Waals surface area contributed by atoms with Crippen molar-refractivity contribution in [3.05, 3.63) is 29.3 Å². The third-order valence-electron chi connectivity index (χ3n) is 4.12. The van der Waals surface area contributed by atoms with E-state index in [1.165, 1.54) is 11.1 Å². The van der Waals surface area contributed by atoms with Crippen molar-refractivity contribution >= 4 is 5.91 Å². The van der Waals surface area contributed by atoms with E-state index in [2.05, 4.69) is 28.4 Å². The lowest BCUT2D eigenvalue weighted by Crippen LogP contribution is -2.57. The largest absolute Gasteiger partial charge is 0.493 e. The van der Waals surface area contributed by atoms with Crippen LogP contribution in [0.1, 0.15) is 11.1 Å². The van der Waals surface area contributed by atoms with Crippen LogP contribution in [0.5, 0.6) is 5.75 Å². The number of nitrogens with two attached hydrogens (primary N) is 1. The smallest absolute Gasteiger partial charge is 0.236 e. The van der Waals surface area contributed by atoms with E-state index in [0.29, 0.717) is 6.54 Å². The molecule has 2 heterocycles. The lowest BCUT2D eigenvalue weighted by atomic mass is 10.1. The van der Waals surface area contributed by atoms with E-state index in [1.807, 2.05) is 0 Å². The first-order valence-corrected chi connectivity index (χ1v) is 7.23. The molecule has 3 N–H and O–H groups in total. The Hall–Kier alpha value is -1.59. The fourth-order valence-electron chi connectivity index (χ4n) is 2.96. The molecule has 5 nitrogen and oxygen atoms in total. The summed E-state index contributed by atoms with van der Waals surface area (Å²) in [5.74, 6) is 0.783. The molecule has 1 atom stereocenters. The molecule has 0 spiro atoms. The molecule has 20 heavy (non-hydrogen) atoms. The van der Waals surface area contributed by atoms with Crippen molar-refractivity contribution in [3.8, 4) is 5.75 Å². The van der Waals surface area contributed by atoms with Gasteiger partial charge in [0, 0.05) is 32.6 Å². The summed E-state index contributed by atoms with van der Waals surface area (Å²) in [5.41, 5.74) is 8.07. The molecule has 0 saturated carbocycles. The van der Waals surface area contributed by atoms with Gasteiger partial charge in [-0.15, -0.1) is 0 Å². The SMILES string of the molecule is NC(=O)C1CNCCN1CCc1ccc2c(c1)CCO2. The van der Waals surface area contributed by atoms with Gasteiger partial charge in [0.2, 0.25) is 5.91 Å². The van der Waals surface area contributed by atoms with Gasteiger partial charge < -0.3 is 15.8 Å².